The summed E-state index contributed by atoms with van der Waals surface area (Å²) in [5.74, 6) is 0. The van der Waals surface area contributed by atoms with E-state index in [4.69, 9.17) is 13.3 Å². The lowest BCUT2D eigenvalue weighted by atomic mass is 10.2. The van der Waals surface area contributed by atoms with Gasteiger partial charge in [-0.05, 0) is 27.7 Å². The van der Waals surface area contributed by atoms with Gasteiger partial charge in [0.25, 0.3) is 0 Å². The van der Waals surface area contributed by atoms with Crippen LogP contribution in [0.4, 0.5) is 0 Å². The molecule has 0 fully saturated rings. The molecule has 20 heavy (non-hydrogen) atoms. The zero-order chi connectivity index (χ0) is 15.4. The van der Waals surface area contributed by atoms with Gasteiger partial charge in [-0.2, -0.15) is 0 Å². The number of hydrogen-bond donors (Lipinski definition) is 0. The van der Waals surface area contributed by atoms with E-state index in [1.165, 1.54) is 5.56 Å². The largest absolute Gasteiger partial charge is 0.537 e. The second-order valence-electron chi connectivity index (χ2n) is 4.13. The second kappa shape index (κ2) is 11.0. The molecule has 0 aliphatic rings. The maximum atomic E-state index is 5.83. The van der Waals surface area contributed by atoms with Crippen LogP contribution in [0.1, 0.15) is 26.3 Å². The minimum absolute atomic E-state index is 0.597. The molecule has 0 radical (unpaired) electrons. The van der Waals surface area contributed by atoms with Crippen LogP contribution in [0.2, 0.25) is 0 Å². The van der Waals surface area contributed by atoms with E-state index in [-0.39, 0.29) is 0 Å². The molecule has 0 atom stereocenters. The Kier molecular flexibility index (Phi) is 10.6. The van der Waals surface area contributed by atoms with Crippen molar-refractivity contribution in [1.29, 1.82) is 0 Å². The summed E-state index contributed by atoms with van der Waals surface area (Å²) in [5.41, 5.74) is 3.11. The summed E-state index contributed by atoms with van der Waals surface area (Å²) < 4.78 is 17.5. The van der Waals surface area contributed by atoms with Crippen molar-refractivity contribution in [2.24, 2.45) is 0 Å². The van der Waals surface area contributed by atoms with E-state index < -0.39 is 8.80 Å². The second-order valence-corrected chi connectivity index (χ2v) is 7.50. The first-order valence-electron chi connectivity index (χ1n) is 7.16. The molecule has 0 aliphatic heterocycles. The number of benzene rings is 1. The van der Waals surface area contributed by atoms with Crippen molar-refractivity contribution in [3.8, 4) is 0 Å². The molecule has 0 amide bonds. The van der Waals surface area contributed by atoms with Gasteiger partial charge in [-0.25, -0.2) is 0 Å². The fraction of sp³-hybridized carbons (Fsp3) is 0.467. The first-order valence-corrected chi connectivity index (χ1v) is 10.0. The average Bonchev–Trinajstić information content (AvgIpc) is 2.41. The third kappa shape index (κ3) is 6.15. The van der Waals surface area contributed by atoms with E-state index in [1.54, 1.807) is 0 Å². The normalized spacial score (nSPS) is 10.8. The maximum absolute atomic E-state index is 5.83. The van der Waals surface area contributed by atoms with E-state index in [0.29, 0.717) is 19.8 Å². The van der Waals surface area contributed by atoms with Gasteiger partial charge in [0.05, 0.1) is 0 Å². The summed E-state index contributed by atoms with van der Waals surface area (Å²) in [7, 11) is -1.56. The highest BCUT2D eigenvalue weighted by molar-refractivity contribution is 6.75. The molecule has 3 nitrogen and oxygen atoms in total. The lowest BCUT2D eigenvalue weighted by Crippen LogP contribution is -2.56. The molecule has 0 spiro atoms. The van der Waals surface area contributed by atoms with Gasteiger partial charge in [0, 0.05) is 35.2 Å². The van der Waals surface area contributed by atoms with Crippen molar-refractivity contribution in [3.05, 3.63) is 42.1 Å². The van der Waals surface area contributed by atoms with E-state index in [0.717, 1.165) is 15.4 Å². The highest BCUT2D eigenvalue weighted by atomic mass is 28.4. The van der Waals surface area contributed by atoms with E-state index in [1.807, 2.05) is 38.6 Å². The summed E-state index contributed by atoms with van der Waals surface area (Å²) in [6, 6.07) is 8.22. The zero-order valence-corrected chi connectivity index (χ0v) is 16.4. The lowest BCUT2D eigenvalue weighted by molar-refractivity contribution is 0.0859. The highest BCUT2D eigenvalue weighted by Gasteiger charge is 2.42. The van der Waals surface area contributed by atoms with Gasteiger partial charge in [0.2, 0.25) is 0 Å². The quantitative estimate of drug-likeness (QED) is 0.718. The van der Waals surface area contributed by atoms with Crippen LogP contribution in [0.5, 0.6) is 0 Å². The van der Waals surface area contributed by atoms with Gasteiger partial charge in [0.15, 0.2) is 0 Å². The van der Waals surface area contributed by atoms with Crippen LogP contribution in [-0.2, 0) is 13.3 Å². The Labute approximate surface area is 127 Å². The van der Waals surface area contributed by atoms with Crippen molar-refractivity contribution in [1.82, 2.24) is 0 Å². The third-order valence-corrected chi connectivity index (χ3v) is 5.45. The van der Waals surface area contributed by atoms with Crippen molar-refractivity contribution in [2.45, 2.75) is 27.7 Å². The molecule has 0 bridgehead atoms. The van der Waals surface area contributed by atoms with E-state index in [9.17, 15) is 0 Å². The van der Waals surface area contributed by atoms with Crippen LogP contribution in [-0.4, -0.2) is 38.9 Å². The molecular weight excluding hydrogens is 284 g/mol. The van der Waals surface area contributed by atoms with Crippen molar-refractivity contribution < 1.29 is 13.3 Å². The summed E-state index contributed by atoms with van der Waals surface area (Å²) >= 11 is 0. The van der Waals surface area contributed by atoms with E-state index >= 15 is 0 Å². The molecule has 0 aliphatic carbocycles. The number of aryl methyl sites for hydroxylation is 1. The molecule has 1 aromatic carbocycles. The number of hydrogen-bond acceptors (Lipinski definition) is 3. The Morgan fingerprint density at radius 3 is 1.65 bits per heavy atom. The molecule has 0 saturated heterocycles. The van der Waals surface area contributed by atoms with Gasteiger partial charge in [-0.15, -0.1) is 12.3 Å². The lowest BCUT2D eigenvalue weighted by Gasteiger charge is -2.28. The monoisotopic (exact) mass is 312 g/mol. The Morgan fingerprint density at radius 2 is 1.35 bits per heavy atom. The average molecular weight is 313 g/mol. The van der Waals surface area contributed by atoms with Gasteiger partial charge < -0.3 is 13.3 Å². The zero-order valence-electron chi connectivity index (χ0n) is 13.4. The smallest absolute Gasteiger partial charge is 0.370 e. The van der Waals surface area contributed by atoms with Crippen molar-refractivity contribution >= 4 is 24.2 Å². The Balaban J connectivity index is 0.00000110. The third-order valence-electron chi connectivity index (χ3n) is 2.41. The molecule has 0 unspecified atom stereocenters. The highest BCUT2D eigenvalue weighted by Crippen LogP contribution is 2.11. The standard InChI is InChI=1S/C13H22O3Si.C2H6Si/c1-5-14-17(15-6-2,16-7-3)13-10-8-12(4)9-11-13;1-2-3/h8-11H,5-7H2,1-4H3;2H,1H2,3H3. The van der Waals surface area contributed by atoms with Crippen molar-refractivity contribution in [2.75, 3.05) is 19.8 Å². The molecule has 1 rings (SSSR count). The minimum Gasteiger partial charge on any atom is -0.370 e. The van der Waals surface area contributed by atoms with Crippen LogP contribution >= 0.6 is 0 Å². The first-order chi connectivity index (χ1) is 9.60. The van der Waals surface area contributed by atoms with Gasteiger partial charge in [-0.1, -0.05) is 29.8 Å². The minimum atomic E-state index is -2.69. The first kappa shape index (κ1) is 19.3. The Hall–Kier alpha value is -0.726. The van der Waals surface area contributed by atoms with Crippen LogP contribution < -0.4 is 5.19 Å². The number of rotatable bonds is 7. The predicted octanol–water partition coefficient (Wildman–Crippen LogP) is 1.75. The maximum Gasteiger partial charge on any atom is 0.537 e. The summed E-state index contributed by atoms with van der Waals surface area (Å²) in [6.07, 6.45) is 0. The molecule has 114 valence electrons. The Morgan fingerprint density at radius 1 is 1.00 bits per heavy atom. The molecule has 0 N–H and O–H groups in total. The van der Waals surface area contributed by atoms with Crippen LogP contribution in [0.15, 0.2) is 36.5 Å². The van der Waals surface area contributed by atoms with Gasteiger partial charge >= 0.3 is 8.80 Å². The molecular formula is C15H28O3Si2. The van der Waals surface area contributed by atoms with Gasteiger partial charge in [-0.3, -0.25) is 0 Å². The summed E-state index contributed by atoms with van der Waals surface area (Å²) in [6.45, 7) is 13.2. The van der Waals surface area contributed by atoms with Crippen LogP contribution in [0, 0.1) is 6.92 Å². The van der Waals surface area contributed by atoms with Gasteiger partial charge in [0.1, 0.15) is 0 Å². The summed E-state index contributed by atoms with van der Waals surface area (Å²) in [4.78, 5) is 0. The molecule has 0 saturated carbocycles. The predicted molar refractivity (Wildman–Crippen MR) is 91.6 cm³/mol. The fourth-order valence-electron chi connectivity index (χ4n) is 1.70. The topological polar surface area (TPSA) is 27.7 Å². The summed E-state index contributed by atoms with van der Waals surface area (Å²) in [5, 5.41) is 1.04. The molecule has 0 heterocycles. The van der Waals surface area contributed by atoms with Crippen molar-refractivity contribution in [3.63, 3.8) is 0 Å². The SMILES string of the molecule is C=C[SiH3].CCO[Si](OCC)(OCC)c1ccc(C)cc1. The molecule has 0 aromatic heterocycles. The molecule has 1 aromatic rings. The van der Waals surface area contributed by atoms with E-state index in [2.05, 4.69) is 25.6 Å². The van der Waals surface area contributed by atoms with Crippen LogP contribution in [0.3, 0.4) is 0 Å². The van der Waals surface area contributed by atoms with Crippen LogP contribution in [0.25, 0.3) is 0 Å². The molecule has 5 heteroatoms. The fourth-order valence-corrected chi connectivity index (χ4v) is 4.17. The Bertz CT molecular complexity index is 349.